The van der Waals surface area contributed by atoms with E-state index in [4.69, 9.17) is 27.9 Å². The number of anilines is 1. The number of amides is 1. The molecular formula is C15H17Cl2NO3. The van der Waals surface area contributed by atoms with Crippen molar-refractivity contribution in [3.05, 3.63) is 28.2 Å². The molecule has 4 nitrogen and oxygen atoms in total. The predicted molar refractivity (Wildman–Crippen MR) is 82.6 cm³/mol. The van der Waals surface area contributed by atoms with E-state index in [9.17, 15) is 9.59 Å². The minimum Gasteiger partial charge on any atom is -0.455 e. The maximum Gasteiger partial charge on any atom is 0.309 e. The van der Waals surface area contributed by atoms with Crippen LogP contribution >= 0.6 is 23.2 Å². The highest BCUT2D eigenvalue weighted by Gasteiger charge is 2.23. The first-order valence-electron chi connectivity index (χ1n) is 6.98. The fraction of sp³-hybridized carbons (Fsp3) is 0.467. The molecule has 114 valence electrons. The minimum atomic E-state index is -0.427. The summed E-state index contributed by atoms with van der Waals surface area (Å²) in [4.78, 5) is 23.6. The Labute approximate surface area is 133 Å². The fourth-order valence-corrected chi connectivity index (χ4v) is 2.71. The van der Waals surface area contributed by atoms with Crippen LogP contribution in [-0.2, 0) is 14.3 Å². The lowest BCUT2D eigenvalue weighted by atomic mass is 9.89. The number of carbonyl (C=O) groups excluding carboxylic acids is 2. The molecule has 0 spiro atoms. The van der Waals surface area contributed by atoms with Crippen LogP contribution in [0, 0.1) is 5.92 Å². The summed E-state index contributed by atoms with van der Waals surface area (Å²) >= 11 is 11.8. The molecule has 0 aliphatic heterocycles. The van der Waals surface area contributed by atoms with Gasteiger partial charge in [-0.2, -0.15) is 0 Å². The van der Waals surface area contributed by atoms with Crippen LogP contribution in [0.4, 0.5) is 5.69 Å². The van der Waals surface area contributed by atoms with E-state index < -0.39 is 5.91 Å². The van der Waals surface area contributed by atoms with Crippen LogP contribution in [0.1, 0.15) is 32.1 Å². The van der Waals surface area contributed by atoms with E-state index in [1.54, 1.807) is 18.2 Å². The maximum atomic E-state index is 11.8. The van der Waals surface area contributed by atoms with Gasteiger partial charge in [-0.05, 0) is 31.0 Å². The monoisotopic (exact) mass is 329 g/mol. The Hall–Kier alpha value is -1.26. The standard InChI is InChI=1S/C15H17Cl2NO3/c16-11-6-7-12(17)13(8-11)18-14(19)9-21-15(20)10-4-2-1-3-5-10/h6-8,10H,1-5,9H2,(H,18,19). The van der Waals surface area contributed by atoms with Crippen molar-refractivity contribution in [2.45, 2.75) is 32.1 Å². The van der Waals surface area contributed by atoms with Gasteiger partial charge in [0.2, 0.25) is 0 Å². The summed E-state index contributed by atoms with van der Waals surface area (Å²) in [5, 5.41) is 3.42. The van der Waals surface area contributed by atoms with Crippen molar-refractivity contribution >= 4 is 40.8 Å². The highest BCUT2D eigenvalue weighted by atomic mass is 35.5. The van der Waals surface area contributed by atoms with Gasteiger partial charge in [0.15, 0.2) is 6.61 Å². The number of rotatable bonds is 4. The molecule has 0 aromatic heterocycles. The van der Waals surface area contributed by atoms with E-state index in [2.05, 4.69) is 5.32 Å². The molecule has 0 unspecified atom stereocenters. The van der Waals surface area contributed by atoms with Gasteiger partial charge in [0.05, 0.1) is 16.6 Å². The van der Waals surface area contributed by atoms with E-state index in [0.717, 1.165) is 32.1 Å². The summed E-state index contributed by atoms with van der Waals surface area (Å²) in [6.45, 7) is -0.307. The minimum absolute atomic E-state index is 0.0682. The second-order valence-electron chi connectivity index (χ2n) is 5.11. The Balaban J connectivity index is 1.81. The van der Waals surface area contributed by atoms with Crippen molar-refractivity contribution in [1.82, 2.24) is 0 Å². The van der Waals surface area contributed by atoms with Crippen LogP contribution in [0.5, 0.6) is 0 Å². The molecule has 0 heterocycles. The zero-order valence-corrected chi connectivity index (χ0v) is 13.0. The van der Waals surface area contributed by atoms with Crippen LogP contribution in [0.3, 0.4) is 0 Å². The first-order chi connectivity index (χ1) is 10.1. The topological polar surface area (TPSA) is 55.4 Å². The summed E-state index contributed by atoms with van der Waals surface area (Å²) in [5.41, 5.74) is 0.405. The number of nitrogens with one attached hydrogen (secondary N) is 1. The average molecular weight is 330 g/mol. The number of ether oxygens (including phenoxy) is 1. The largest absolute Gasteiger partial charge is 0.455 e. The number of carbonyl (C=O) groups is 2. The van der Waals surface area contributed by atoms with Crippen LogP contribution in [0.25, 0.3) is 0 Å². The molecule has 2 rings (SSSR count). The summed E-state index contributed by atoms with van der Waals surface area (Å²) in [6.07, 6.45) is 4.95. The highest BCUT2D eigenvalue weighted by molar-refractivity contribution is 6.35. The predicted octanol–water partition coefficient (Wildman–Crippen LogP) is 4.06. The number of esters is 1. The van der Waals surface area contributed by atoms with Crippen molar-refractivity contribution in [1.29, 1.82) is 0 Å². The van der Waals surface area contributed by atoms with Gasteiger partial charge in [-0.3, -0.25) is 9.59 Å². The molecule has 0 atom stereocenters. The lowest BCUT2D eigenvalue weighted by Crippen LogP contribution is -2.26. The normalized spacial score (nSPS) is 15.5. The summed E-state index contributed by atoms with van der Waals surface area (Å²) in [5.74, 6) is -0.785. The van der Waals surface area contributed by atoms with Crippen LogP contribution in [0.15, 0.2) is 18.2 Å². The highest BCUT2D eigenvalue weighted by Crippen LogP contribution is 2.26. The second-order valence-corrected chi connectivity index (χ2v) is 5.96. The lowest BCUT2D eigenvalue weighted by Gasteiger charge is -2.19. The Morgan fingerprint density at radius 3 is 2.62 bits per heavy atom. The zero-order valence-electron chi connectivity index (χ0n) is 11.5. The van der Waals surface area contributed by atoms with E-state index in [-0.39, 0.29) is 18.5 Å². The van der Waals surface area contributed by atoms with Gasteiger partial charge in [-0.1, -0.05) is 42.5 Å². The number of halogens is 2. The molecule has 0 bridgehead atoms. The molecule has 0 radical (unpaired) electrons. The molecule has 21 heavy (non-hydrogen) atoms. The third-order valence-corrected chi connectivity index (χ3v) is 4.05. The van der Waals surface area contributed by atoms with Crippen molar-refractivity contribution in [3.63, 3.8) is 0 Å². The smallest absolute Gasteiger partial charge is 0.309 e. The Morgan fingerprint density at radius 2 is 1.90 bits per heavy atom. The summed E-state index contributed by atoms with van der Waals surface area (Å²) in [6, 6.07) is 4.76. The first-order valence-corrected chi connectivity index (χ1v) is 7.73. The molecule has 1 aromatic carbocycles. The van der Waals surface area contributed by atoms with Gasteiger partial charge in [-0.15, -0.1) is 0 Å². The summed E-state index contributed by atoms with van der Waals surface area (Å²) in [7, 11) is 0. The average Bonchev–Trinajstić information content (AvgIpc) is 2.49. The van der Waals surface area contributed by atoms with Gasteiger partial charge in [-0.25, -0.2) is 0 Å². The third-order valence-electron chi connectivity index (χ3n) is 3.49. The molecule has 1 aromatic rings. The van der Waals surface area contributed by atoms with Crippen molar-refractivity contribution < 1.29 is 14.3 Å². The van der Waals surface area contributed by atoms with Gasteiger partial charge >= 0.3 is 5.97 Å². The Morgan fingerprint density at radius 1 is 1.19 bits per heavy atom. The molecule has 1 N–H and O–H groups in total. The molecule has 1 saturated carbocycles. The number of hydrogen-bond acceptors (Lipinski definition) is 3. The van der Waals surface area contributed by atoms with Crippen molar-refractivity contribution in [2.24, 2.45) is 5.92 Å². The quantitative estimate of drug-likeness (QED) is 0.847. The molecule has 1 aliphatic carbocycles. The SMILES string of the molecule is O=C(COC(=O)C1CCCCC1)Nc1cc(Cl)ccc1Cl. The lowest BCUT2D eigenvalue weighted by molar-refractivity contribution is -0.152. The fourth-order valence-electron chi connectivity index (χ4n) is 2.37. The molecule has 0 saturated heterocycles. The molecular weight excluding hydrogens is 313 g/mol. The van der Waals surface area contributed by atoms with Gasteiger partial charge in [0.1, 0.15) is 0 Å². The number of hydrogen-bond donors (Lipinski definition) is 1. The summed E-state index contributed by atoms with van der Waals surface area (Å²) < 4.78 is 5.06. The zero-order chi connectivity index (χ0) is 15.2. The molecule has 1 fully saturated rings. The second kappa shape index (κ2) is 7.66. The molecule has 1 aliphatic rings. The van der Waals surface area contributed by atoms with E-state index in [1.807, 2.05) is 0 Å². The van der Waals surface area contributed by atoms with E-state index in [0.29, 0.717) is 15.7 Å². The molecule has 1 amide bonds. The Bertz CT molecular complexity index is 528. The maximum absolute atomic E-state index is 11.8. The first kappa shape index (κ1) is 16.1. The third kappa shape index (κ3) is 4.90. The van der Waals surface area contributed by atoms with E-state index >= 15 is 0 Å². The van der Waals surface area contributed by atoms with Gasteiger partial charge in [0, 0.05) is 5.02 Å². The van der Waals surface area contributed by atoms with Crippen molar-refractivity contribution in [3.8, 4) is 0 Å². The Kier molecular flexibility index (Phi) is 5.88. The van der Waals surface area contributed by atoms with Crippen LogP contribution in [-0.4, -0.2) is 18.5 Å². The van der Waals surface area contributed by atoms with E-state index in [1.165, 1.54) is 0 Å². The van der Waals surface area contributed by atoms with Gasteiger partial charge in [0.25, 0.3) is 5.91 Å². The molecule has 6 heteroatoms. The van der Waals surface area contributed by atoms with Crippen LogP contribution in [0.2, 0.25) is 10.0 Å². The van der Waals surface area contributed by atoms with Crippen molar-refractivity contribution in [2.75, 3.05) is 11.9 Å². The van der Waals surface area contributed by atoms with Gasteiger partial charge < -0.3 is 10.1 Å². The van der Waals surface area contributed by atoms with Crippen LogP contribution < -0.4 is 5.32 Å². The number of benzene rings is 1.